The molecule has 1 heterocycles. The zero-order valence-corrected chi connectivity index (χ0v) is 14.8. The molecule has 1 fully saturated rings. The second kappa shape index (κ2) is 5.32. The molecule has 134 valence electrons. The molecule has 0 unspecified atom stereocenters. The average Bonchev–Trinajstić information content (AvgIpc) is 2.97. The summed E-state index contributed by atoms with van der Waals surface area (Å²) in [6.45, 7) is 6.48. The van der Waals surface area contributed by atoms with Crippen LogP contribution in [0.15, 0.2) is 24.8 Å². The van der Waals surface area contributed by atoms with Gasteiger partial charge in [0.15, 0.2) is 23.4 Å². The zero-order valence-electron chi connectivity index (χ0n) is 14.8. The van der Waals surface area contributed by atoms with Crippen molar-refractivity contribution in [1.29, 1.82) is 0 Å². The molecule has 0 aromatic heterocycles. The van der Waals surface area contributed by atoms with Crippen molar-refractivity contribution in [1.82, 2.24) is 4.90 Å². The summed E-state index contributed by atoms with van der Waals surface area (Å²) in [5.41, 5.74) is 0.0186. The van der Waals surface area contributed by atoms with Crippen molar-refractivity contribution in [2.24, 2.45) is 0 Å². The van der Waals surface area contributed by atoms with Crippen LogP contribution in [0.5, 0.6) is 11.5 Å². The highest BCUT2D eigenvalue weighted by Crippen LogP contribution is 2.62. The first-order valence-electron chi connectivity index (χ1n) is 8.99. The van der Waals surface area contributed by atoms with E-state index in [1.165, 1.54) is 0 Å². The van der Waals surface area contributed by atoms with Gasteiger partial charge in [-0.2, -0.15) is 0 Å². The van der Waals surface area contributed by atoms with Crippen LogP contribution < -0.4 is 4.74 Å². The molecule has 2 N–H and O–H groups in total. The van der Waals surface area contributed by atoms with Crippen LogP contribution in [0.1, 0.15) is 37.3 Å². The second-order valence-corrected chi connectivity index (χ2v) is 7.61. The number of phenols is 1. The Labute approximate surface area is 147 Å². The van der Waals surface area contributed by atoms with Gasteiger partial charge in [0, 0.05) is 24.6 Å². The lowest BCUT2D eigenvalue weighted by atomic mass is 9.51. The molecular formula is C20H25NO4. The number of nitrogens with zero attached hydrogens (tertiary/aromatic N) is 1. The quantitative estimate of drug-likeness (QED) is 0.818. The van der Waals surface area contributed by atoms with E-state index in [1.54, 1.807) is 6.07 Å². The number of ketones is 1. The van der Waals surface area contributed by atoms with Gasteiger partial charge in [-0.15, -0.1) is 6.58 Å². The summed E-state index contributed by atoms with van der Waals surface area (Å²) >= 11 is 0. The molecule has 5 nitrogen and oxygen atoms in total. The average molecular weight is 343 g/mol. The van der Waals surface area contributed by atoms with Crippen LogP contribution in [0.2, 0.25) is 0 Å². The van der Waals surface area contributed by atoms with E-state index in [2.05, 4.69) is 11.5 Å². The van der Waals surface area contributed by atoms with Crippen molar-refractivity contribution in [3.05, 3.63) is 35.9 Å². The van der Waals surface area contributed by atoms with Crippen LogP contribution >= 0.6 is 0 Å². The minimum absolute atomic E-state index is 0.0140. The number of aromatic hydroxyl groups is 1. The largest absolute Gasteiger partial charge is 0.504 e. The lowest BCUT2D eigenvalue weighted by Crippen LogP contribution is -2.72. The summed E-state index contributed by atoms with van der Waals surface area (Å²) < 4.78 is 5.99. The molecule has 5 heteroatoms. The summed E-state index contributed by atoms with van der Waals surface area (Å²) in [6, 6.07) is 3.41. The molecule has 1 aliphatic heterocycles. The Balaban J connectivity index is 1.99. The lowest BCUT2D eigenvalue weighted by Gasteiger charge is -2.58. The van der Waals surface area contributed by atoms with E-state index in [9.17, 15) is 15.0 Å². The van der Waals surface area contributed by atoms with E-state index >= 15 is 0 Å². The third kappa shape index (κ3) is 1.83. The van der Waals surface area contributed by atoms with Gasteiger partial charge in [0.25, 0.3) is 0 Å². The normalized spacial score (nSPS) is 35.4. The molecule has 0 saturated heterocycles. The van der Waals surface area contributed by atoms with Crippen LogP contribution in [-0.4, -0.2) is 52.2 Å². The van der Waals surface area contributed by atoms with Crippen LogP contribution in [-0.2, 0) is 16.6 Å². The SMILES string of the molecule is C=CCN(C)[C@@H]1Cc2ccc(O)c3c2[C@@]2(CC)[C@@H](O3)C(=O)CC[C@@]12O. The number of carbonyl (C=O) groups is 1. The predicted octanol–water partition coefficient (Wildman–Crippen LogP) is 1.94. The van der Waals surface area contributed by atoms with Gasteiger partial charge in [-0.3, -0.25) is 9.69 Å². The summed E-state index contributed by atoms with van der Waals surface area (Å²) in [5.74, 6) is 0.456. The van der Waals surface area contributed by atoms with Crippen LogP contribution in [0.25, 0.3) is 0 Å². The molecule has 2 aliphatic carbocycles. The van der Waals surface area contributed by atoms with E-state index in [4.69, 9.17) is 4.74 Å². The predicted molar refractivity (Wildman–Crippen MR) is 94.0 cm³/mol. The molecule has 1 aromatic carbocycles. The maximum Gasteiger partial charge on any atom is 0.174 e. The van der Waals surface area contributed by atoms with E-state index in [0.29, 0.717) is 38.0 Å². The van der Waals surface area contributed by atoms with Crippen molar-refractivity contribution in [2.45, 2.75) is 55.8 Å². The maximum atomic E-state index is 12.7. The highest BCUT2D eigenvalue weighted by atomic mass is 16.5. The molecule has 0 bridgehead atoms. The highest BCUT2D eigenvalue weighted by Gasteiger charge is 2.70. The Morgan fingerprint density at radius 1 is 1.48 bits per heavy atom. The van der Waals surface area contributed by atoms with Gasteiger partial charge < -0.3 is 14.9 Å². The van der Waals surface area contributed by atoms with E-state index < -0.39 is 17.1 Å². The maximum absolute atomic E-state index is 12.7. The van der Waals surface area contributed by atoms with E-state index in [1.807, 2.05) is 26.1 Å². The third-order valence-electron chi connectivity index (χ3n) is 6.64. The Morgan fingerprint density at radius 3 is 2.92 bits per heavy atom. The standard InChI is InChI=1S/C20H25NO4/c1-4-10-21(3)15-11-12-6-7-13(22)17-16(12)19(5-2)18(25-17)14(23)8-9-20(15,19)24/h4,6-7,15,18,22,24H,1,5,8-11H2,2-3H3/t15-,18+,19+,20-/m1/s1. The first kappa shape index (κ1) is 16.6. The van der Waals surface area contributed by atoms with Crippen molar-refractivity contribution >= 4 is 5.78 Å². The van der Waals surface area contributed by atoms with Gasteiger partial charge in [0.05, 0.1) is 11.0 Å². The molecule has 0 radical (unpaired) electrons. The lowest BCUT2D eigenvalue weighted by molar-refractivity contribution is -0.168. The molecule has 3 aliphatic rings. The van der Waals surface area contributed by atoms with Crippen LogP contribution in [0.4, 0.5) is 0 Å². The third-order valence-corrected chi connectivity index (χ3v) is 6.64. The molecule has 0 spiro atoms. The zero-order chi connectivity index (χ0) is 18.0. The monoisotopic (exact) mass is 343 g/mol. The number of likely N-dealkylation sites (N-methyl/N-ethyl adjacent to an activating group) is 1. The first-order valence-corrected chi connectivity index (χ1v) is 8.99. The molecule has 4 atom stereocenters. The van der Waals surface area contributed by atoms with Crippen molar-refractivity contribution < 1.29 is 19.7 Å². The first-order chi connectivity index (χ1) is 11.9. The Bertz CT molecular complexity index is 760. The fourth-order valence-electron chi connectivity index (χ4n) is 5.55. The number of aliphatic hydroxyl groups is 1. The summed E-state index contributed by atoms with van der Waals surface area (Å²) in [6.07, 6.45) is 3.07. The van der Waals surface area contributed by atoms with Crippen LogP contribution in [0.3, 0.4) is 0 Å². The molecule has 4 rings (SSSR count). The molecular weight excluding hydrogens is 318 g/mol. The summed E-state index contributed by atoms with van der Waals surface area (Å²) in [5, 5.41) is 22.3. The number of rotatable bonds is 4. The van der Waals surface area contributed by atoms with Gasteiger partial charge in [-0.25, -0.2) is 0 Å². The summed E-state index contributed by atoms with van der Waals surface area (Å²) in [4.78, 5) is 14.8. The smallest absolute Gasteiger partial charge is 0.174 e. The molecule has 1 saturated carbocycles. The fraction of sp³-hybridized carbons (Fsp3) is 0.550. The van der Waals surface area contributed by atoms with Gasteiger partial charge in [0.1, 0.15) is 0 Å². The van der Waals surface area contributed by atoms with Crippen molar-refractivity contribution in [3.8, 4) is 11.5 Å². The van der Waals surface area contributed by atoms with Crippen molar-refractivity contribution in [2.75, 3.05) is 13.6 Å². The van der Waals surface area contributed by atoms with Crippen LogP contribution in [0, 0.1) is 0 Å². The van der Waals surface area contributed by atoms with Crippen molar-refractivity contribution in [3.63, 3.8) is 0 Å². The Morgan fingerprint density at radius 2 is 2.24 bits per heavy atom. The van der Waals surface area contributed by atoms with E-state index in [-0.39, 0.29) is 17.6 Å². The Kier molecular flexibility index (Phi) is 3.54. The molecule has 0 amide bonds. The molecule has 25 heavy (non-hydrogen) atoms. The number of hydrogen-bond acceptors (Lipinski definition) is 5. The minimum atomic E-state index is -1.08. The fourth-order valence-corrected chi connectivity index (χ4v) is 5.55. The number of ether oxygens (including phenoxy) is 1. The minimum Gasteiger partial charge on any atom is -0.504 e. The number of carbonyl (C=O) groups excluding carboxylic acids is 1. The number of benzene rings is 1. The van der Waals surface area contributed by atoms with Gasteiger partial charge in [0.2, 0.25) is 0 Å². The number of phenolic OH excluding ortho intramolecular Hbond substituents is 1. The summed E-state index contributed by atoms with van der Waals surface area (Å²) in [7, 11) is 1.99. The van der Waals surface area contributed by atoms with Gasteiger partial charge in [-0.1, -0.05) is 19.1 Å². The second-order valence-electron chi connectivity index (χ2n) is 7.61. The number of hydrogen-bond donors (Lipinski definition) is 2. The van der Waals surface area contributed by atoms with Gasteiger partial charge >= 0.3 is 0 Å². The van der Waals surface area contributed by atoms with E-state index in [0.717, 1.165) is 11.1 Å². The molecule has 1 aromatic rings. The van der Waals surface area contributed by atoms with Gasteiger partial charge in [-0.05, 0) is 37.9 Å². The highest BCUT2D eigenvalue weighted by molar-refractivity contribution is 5.89. The number of Topliss-reactive ketones (excluding diaryl/α,β-unsaturated/α-hetero) is 1. The topological polar surface area (TPSA) is 70.0 Å². The Hall–Kier alpha value is -1.85.